The third-order valence-corrected chi connectivity index (χ3v) is 2.99. The second-order valence-corrected chi connectivity index (χ2v) is 4.43. The molecule has 0 atom stereocenters. The molecule has 3 rings (SSSR count). The Kier molecular flexibility index (Phi) is 3.11. The Morgan fingerprint density at radius 3 is 2.79 bits per heavy atom. The Bertz CT molecular complexity index is 714. The van der Waals surface area contributed by atoms with Gasteiger partial charge < -0.3 is 4.57 Å². The van der Waals surface area contributed by atoms with E-state index in [4.69, 9.17) is 0 Å². The SMILES string of the molecule is F/C(=C\c1ccc2ccccc2c1)Cn1ccnc1. The molecule has 0 N–H and O–H groups in total. The fourth-order valence-electron chi connectivity index (χ4n) is 2.08. The standard InChI is InChI=1S/C16H13FN2/c17-16(11-19-8-7-18-12-19)10-13-5-6-14-3-1-2-4-15(14)9-13/h1-10,12H,11H2/b16-10-. The highest BCUT2D eigenvalue weighted by atomic mass is 19.1. The van der Waals surface area contributed by atoms with E-state index in [1.807, 2.05) is 42.5 Å². The van der Waals surface area contributed by atoms with Crippen molar-refractivity contribution in [2.75, 3.05) is 0 Å². The van der Waals surface area contributed by atoms with Gasteiger partial charge in [0.15, 0.2) is 0 Å². The van der Waals surface area contributed by atoms with Crippen LogP contribution in [-0.2, 0) is 6.54 Å². The first-order valence-corrected chi connectivity index (χ1v) is 6.12. The van der Waals surface area contributed by atoms with Crippen LogP contribution in [0.3, 0.4) is 0 Å². The lowest BCUT2D eigenvalue weighted by Gasteiger charge is -2.01. The van der Waals surface area contributed by atoms with Gasteiger partial charge in [0, 0.05) is 12.4 Å². The third-order valence-electron chi connectivity index (χ3n) is 2.99. The predicted octanol–water partition coefficient (Wildman–Crippen LogP) is 4.05. The highest BCUT2D eigenvalue weighted by molar-refractivity contribution is 5.84. The molecule has 19 heavy (non-hydrogen) atoms. The molecule has 0 saturated carbocycles. The van der Waals surface area contributed by atoms with E-state index < -0.39 is 0 Å². The summed E-state index contributed by atoms with van der Waals surface area (Å²) in [6.45, 7) is 0.215. The van der Waals surface area contributed by atoms with Gasteiger partial charge in [-0.15, -0.1) is 0 Å². The monoisotopic (exact) mass is 252 g/mol. The van der Waals surface area contributed by atoms with Crippen LogP contribution in [0.4, 0.5) is 4.39 Å². The zero-order chi connectivity index (χ0) is 13.1. The minimum Gasteiger partial charge on any atom is -0.331 e. The maximum atomic E-state index is 13.9. The third kappa shape index (κ3) is 2.71. The van der Waals surface area contributed by atoms with Crippen LogP contribution in [-0.4, -0.2) is 9.55 Å². The van der Waals surface area contributed by atoms with Crippen LogP contribution in [0.5, 0.6) is 0 Å². The van der Waals surface area contributed by atoms with Gasteiger partial charge in [-0.25, -0.2) is 9.37 Å². The molecule has 0 fully saturated rings. The molecule has 3 heteroatoms. The van der Waals surface area contributed by atoms with Crippen LogP contribution < -0.4 is 0 Å². The van der Waals surface area contributed by atoms with Crippen molar-refractivity contribution in [1.82, 2.24) is 9.55 Å². The molecular weight excluding hydrogens is 239 g/mol. The van der Waals surface area contributed by atoms with Crippen LogP contribution >= 0.6 is 0 Å². The van der Waals surface area contributed by atoms with E-state index in [9.17, 15) is 4.39 Å². The zero-order valence-electron chi connectivity index (χ0n) is 10.3. The second kappa shape index (κ2) is 5.06. The first-order valence-electron chi connectivity index (χ1n) is 6.12. The molecule has 0 bridgehead atoms. The minimum atomic E-state index is -0.187. The lowest BCUT2D eigenvalue weighted by Crippen LogP contribution is -1.94. The number of hydrogen-bond acceptors (Lipinski definition) is 1. The highest BCUT2D eigenvalue weighted by Gasteiger charge is 1.99. The number of fused-ring (bicyclic) bond motifs is 1. The summed E-state index contributed by atoms with van der Waals surface area (Å²) in [5.74, 6) is -0.187. The van der Waals surface area contributed by atoms with Crippen molar-refractivity contribution in [3.8, 4) is 0 Å². The quantitative estimate of drug-likeness (QED) is 0.687. The zero-order valence-corrected chi connectivity index (χ0v) is 10.3. The lowest BCUT2D eigenvalue weighted by molar-refractivity contribution is 0.563. The average molecular weight is 252 g/mol. The first kappa shape index (κ1) is 11.7. The first-order chi connectivity index (χ1) is 9.31. The summed E-state index contributed by atoms with van der Waals surface area (Å²) in [6, 6.07) is 14.0. The summed E-state index contributed by atoms with van der Waals surface area (Å²) in [5, 5.41) is 2.28. The smallest absolute Gasteiger partial charge is 0.120 e. The van der Waals surface area contributed by atoms with Crippen LogP contribution in [0, 0.1) is 0 Å². The van der Waals surface area contributed by atoms with Crippen LogP contribution in [0.25, 0.3) is 16.8 Å². The molecule has 94 valence electrons. The lowest BCUT2D eigenvalue weighted by atomic mass is 10.1. The Morgan fingerprint density at radius 2 is 2.00 bits per heavy atom. The van der Waals surface area contributed by atoms with Crippen molar-refractivity contribution in [1.29, 1.82) is 0 Å². The van der Waals surface area contributed by atoms with Crippen LogP contribution in [0.15, 0.2) is 67.0 Å². The molecule has 1 heterocycles. The van der Waals surface area contributed by atoms with Gasteiger partial charge in [-0.3, -0.25) is 0 Å². The molecule has 0 aliphatic carbocycles. The maximum Gasteiger partial charge on any atom is 0.120 e. The van der Waals surface area contributed by atoms with Gasteiger partial charge in [0.1, 0.15) is 5.83 Å². The minimum absolute atomic E-state index is 0.187. The van der Waals surface area contributed by atoms with Crippen molar-refractivity contribution < 1.29 is 4.39 Å². The van der Waals surface area contributed by atoms with E-state index in [1.54, 1.807) is 29.4 Å². The molecule has 0 saturated heterocycles. The topological polar surface area (TPSA) is 17.8 Å². The van der Waals surface area contributed by atoms with Gasteiger partial charge in [0.2, 0.25) is 0 Å². The van der Waals surface area contributed by atoms with E-state index in [2.05, 4.69) is 4.98 Å². The summed E-state index contributed by atoms with van der Waals surface area (Å²) in [7, 11) is 0. The largest absolute Gasteiger partial charge is 0.331 e. The number of hydrogen-bond donors (Lipinski definition) is 0. The molecule has 0 unspecified atom stereocenters. The molecular formula is C16H13FN2. The van der Waals surface area contributed by atoms with Gasteiger partial charge in [-0.1, -0.05) is 36.4 Å². The number of imidazole rings is 1. The normalized spacial score (nSPS) is 11.9. The fourth-order valence-corrected chi connectivity index (χ4v) is 2.08. The van der Waals surface area contributed by atoms with E-state index >= 15 is 0 Å². The van der Waals surface area contributed by atoms with Gasteiger partial charge in [0.05, 0.1) is 12.9 Å². The molecule has 0 aliphatic rings. The molecule has 1 aromatic heterocycles. The van der Waals surface area contributed by atoms with Crippen molar-refractivity contribution in [3.05, 3.63) is 72.6 Å². The van der Waals surface area contributed by atoms with Crippen LogP contribution in [0.2, 0.25) is 0 Å². The predicted molar refractivity (Wildman–Crippen MR) is 75.3 cm³/mol. The summed E-state index contributed by atoms with van der Waals surface area (Å²) in [4.78, 5) is 3.89. The van der Waals surface area contributed by atoms with Crippen LogP contribution in [0.1, 0.15) is 5.56 Å². The summed E-state index contributed by atoms with van der Waals surface area (Å²) in [5.41, 5.74) is 0.872. The number of aromatic nitrogens is 2. The molecule has 2 aromatic carbocycles. The molecule has 2 nitrogen and oxygen atoms in total. The number of benzene rings is 2. The summed E-state index contributed by atoms with van der Waals surface area (Å²) in [6.07, 6.45) is 6.55. The van der Waals surface area contributed by atoms with Gasteiger partial charge in [-0.05, 0) is 28.5 Å². The maximum absolute atomic E-state index is 13.9. The summed E-state index contributed by atoms with van der Waals surface area (Å²) >= 11 is 0. The van der Waals surface area contributed by atoms with Crippen molar-refractivity contribution >= 4 is 16.8 Å². The molecule has 0 amide bonds. The van der Waals surface area contributed by atoms with E-state index in [-0.39, 0.29) is 12.4 Å². The average Bonchev–Trinajstić information content (AvgIpc) is 2.91. The Morgan fingerprint density at radius 1 is 1.16 bits per heavy atom. The van der Waals surface area contributed by atoms with E-state index in [1.165, 1.54) is 0 Å². The molecule has 0 spiro atoms. The number of nitrogens with zero attached hydrogens (tertiary/aromatic N) is 2. The van der Waals surface area contributed by atoms with E-state index in [0.717, 1.165) is 16.3 Å². The molecule has 0 aliphatic heterocycles. The van der Waals surface area contributed by atoms with Gasteiger partial charge in [-0.2, -0.15) is 0 Å². The number of allylic oxidation sites excluding steroid dienone is 1. The Hall–Kier alpha value is -2.42. The second-order valence-electron chi connectivity index (χ2n) is 4.43. The Balaban J connectivity index is 1.87. The Labute approximate surface area is 110 Å². The van der Waals surface area contributed by atoms with Gasteiger partial charge in [0.25, 0.3) is 0 Å². The van der Waals surface area contributed by atoms with Gasteiger partial charge >= 0.3 is 0 Å². The van der Waals surface area contributed by atoms with Crippen molar-refractivity contribution in [3.63, 3.8) is 0 Å². The molecule has 3 aromatic rings. The number of rotatable bonds is 3. The number of halogens is 1. The van der Waals surface area contributed by atoms with Crippen molar-refractivity contribution in [2.45, 2.75) is 6.54 Å². The fraction of sp³-hybridized carbons (Fsp3) is 0.0625. The molecule has 0 radical (unpaired) electrons. The van der Waals surface area contributed by atoms with Crippen molar-refractivity contribution in [2.24, 2.45) is 0 Å². The summed E-state index contributed by atoms with van der Waals surface area (Å²) < 4.78 is 15.6. The highest BCUT2D eigenvalue weighted by Crippen LogP contribution is 2.18. The van der Waals surface area contributed by atoms with E-state index in [0.29, 0.717) is 0 Å².